The molecule has 9 heteroatoms. The Kier molecular flexibility index (Phi) is 6.33. The monoisotopic (exact) mass is 455 g/mol. The van der Waals surface area contributed by atoms with E-state index >= 15 is 0 Å². The smallest absolute Gasteiger partial charge is 0.355 e. The molecule has 1 aliphatic heterocycles. The number of carbonyl (C=O) groups excluding carboxylic acids is 1. The fourth-order valence-corrected chi connectivity index (χ4v) is 5.05. The highest BCUT2D eigenvalue weighted by Gasteiger charge is 2.35. The molecule has 1 aromatic heterocycles. The minimum absolute atomic E-state index is 0.0184. The lowest BCUT2D eigenvalue weighted by molar-refractivity contribution is -0.128. The number of carboxylic acids is 1. The molecule has 1 amide bonds. The highest BCUT2D eigenvalue weighted by Crippen LogP contribution is 2.30. The number of thioether (sulfide) groups is 1. The quantitative estimate of drug-likeness (QED) is 0.621. The lowest BCUT2D eigenvalue weighted by atomic mass is 9.98. The van der Waals surface area contributed by atoms with Crippen LogP contribution in [0.25, 0.3) is 0 Å². The zero-order valence-electron chi connectivity index (χ0n) is 13.8. The summed E-state index contributed by atoms with van der Waals surface area (Å²) in [6, 6.07) is 7.62. The first-order valence-corrected chi connectivity index (χ1v) is 10.7. The summed E-state index contributed by atoms with van der Waals surface area (Å²) in [4.78, 5) is 29.1. The van der Waals surface area contributed by atoms with Crippen molar-refractivity contribution in [3.05, 3.63) is 45.4 Å². The molecule has 0 radical (unpaired) electrons. The zero-order valence-corrected chi connectivity index (χ0v) is 17.0. The first-order chi connectivity index (χ1) is 12.5. The molecule has 2 aromatic rings. The number of hydrogen-bond acceptors (Lipinski definition) is 6. The van der Waals surface area contributed by atoms with Gasteiger partial charge in [0.15, 0.2) is 10.0 Å². The Labute approximate surface area is 167 Å². The van der Waals surface area contributed by atoms with E-state index in [-0.39, 0.29) is 23.7 Å². The van der Waals surface area contributed by atoms with Gasteiger partial charge in [0.25, 0.3) is 0 Å². The van der Waals surface area contributed by atoms with E-state index in [1.165, 1.54) is 28.5 Å². The van der Waals surface area contributed by atoms with Gasteiger partial charge < -0.3 is 15.7 Å². The third kappa shape index (κ3) is 4.46. The minimum Gasteiger partial charge on any atom is -0.476 e. The lowest BCUT2D eigenvalue weighted by Gasteiger charge is -2.29. The normalized spacial score (nSPS) is 18.3. The van der Waals surface area contributed by atoms with Gasteiger partial charge in [-0.1, -0.05) is 39.8 Å². The van der Waals surface area contributed by atoms with E-state index in [9.17, 15) is 9.59 Å². The van der Waals surface area contributed by atoms with Crippen molar-refractivity contribution in [2.45, 2.75) is 29.3 Å². The van der Waals surface area contributed by atoms with Gasteiger partial charge in [0.05, 0.1) is 12.1 Å². The summed E-state index contributed by atoms with van der Waals surface area (Å²) in [6.45, 7) is 0.570. The van der Waals surface area contributed by atoms with Crippen molar-refractivity contribution in [2.75, 3.05) is 12.3 Å². The van der Waals surface area contributed by atoms with Crippen LogP contribution in [0, 0.1) is 0 Å². The molecule has 1 saturated heterocycles. The number of benzene rings is 1. The van der Waals surface area contributed by atoms with Crippen molar-refractivity contribution >= 4 is 50.9 Å². The summed E-state index contributed by atoms with van der Waals surface area (Å²) >= 11 is 6.18. The molecule has 1 aliphatic rings. The maximum Gasteiger partial charge on any atom is 0.355 e. The van der Waals surface area contributed by atoms with E-state index in [4.69, 9.17) is 10.8 Å². The molecule has 0 spiro atoms. The van der Waals surface area contributed by atoms with Crippen LogP contribution < -0.4 is 5.73 Å². The highest BCUT2D eigenvalue weighted by atomic mass is 79.9. The fourth-order valence-electron chi connectivity index (χ4n) is 2.98. The van der Waals surface area contributed by atoms with Crippen LogP contribution >= 0.6 is 39.0 Å². The number of aromatic nitrogens is 1. The van der Waals surface area contributed by atoms with Gasteiger partial charge in [-0.05, 0) is 24.1 Å². The van der Waals surface area contributed by atoms with E-state index < -0.39 is 5.97 Å². The van der Waals surface area contributed by atoms with Gasteiger partial charge in [0.2, 0.25) is 5.91 Å². The van der Waals surface area contributed by atoms with Gasteiger partial charge in [0, 0.05) is 28.6 Å². The molecule has 1 unspecified atom stereocenters. The van der Waals surface area contributed by atoms with Crippen LogP contribution in [-0.2, 0) is 4.79 Å². The van der Waals surface area contributed by atoms with Crippen LogP contribution in [0.1, 0.15) is 34.9 Å². The Bertz CT molecular complexity index is 797. The predicted octanol–water partition coefficient (Wildman–Crippen LogP) is 3.39. The molecule has 0 bridgehead atoms. The van der Waals surface area contributed by atoms with Crippen LogP contribution in [0.15, 0.2) is 38.5 Å². The number of thiazole rings is 1. The van der Waals surface area contributed by atoms with Crippen molar-refractivity contribution in [2.24, 2.45) is 5.73 Å². The molecule has 2 heterocycles. The Morgan fingerprint density at radius 1 is 1.46 bits per heavy atom. The van der Waals surface area contributed by atoms with Crippen LogP contribution in [0.5, 0.6) is 0 Å². The van der Waals surface area contributed by atoms with Crippen LogP contribution in [-0.4, -0.2) is 45.2 Å². The fraction of sp³-hybridized carbons (Fsp3) is 0.353. The lowest BCUT2D eigenvalue weighted by Crippen LogP contribution is -2.41. The molecule has 3 N–H and O–H groups in total. The zero-order chi connectivity index (χ0) is 18.7. The predicted molar refractivity (Wildman–Crippen MR) is 106 cm³/mol. The second-order valence-electron chi connectivity index (χ2n) is 5.92. The molecule has 2 atom stereocenters. The van der Waals surface area contributed by atoms with E-state index in [0.29, 0.717) is 23.1 Å². The molecule has 1 fully saturated rings. The topological polar surface area (TPSA) is 96.5 Å². The minimum atomic E-state index is -1.02. The first kappa shape index (κ1) is 19.3. The first-order valence-electron chi connectivity index (χ1n) is 8.08. The van der Waals surface area contributed by atoms with E-state index in [1.54, 1.807) is 0 Å². The van der Waals surface area contributed by atoms with E-state index in [1.807, 2.05) is 29.2 Å². The average molecular weight is 456 g/mol. The number of carbonyl (C=O) groups is 2. The number of nitrogens with zero attached hydrogens (tertiary/aromatic N) is 2. The van der Waals surface area contributed by atoms with Crippen LogP contribution in [0.3, 0.4) is 0 Å². The highest BCUT2D eigenvalue weighted by molar-refractivity contribution is 9.10. The summed E-state index contributed by atoms with van der Waals surface area (Å²) in [7, 11) is 0. The molecule has 138 valence electrons. The molecule has 0 saturated carbocycles. The summed E-state index contributed by atoms with van der Waals surface area (Å²) in [5.74, 6) is -0.251. The largest absolute Gasteiger partial charge is 0.476 e. The molecular formula is C17H18BrN3O3S2. The Morgan fingerprint density at radius 2 is 2.19 bits per heavy atom. The van der Waals surface area contributed by atoms with E-state index in [0.717, 1.165) is 16.5 Å². The van der Waals surface area contributed by atoms with Crippen LogP contribution in [0.4, 0.5) is 0 Å². The van der Waals surface area contributed by atoms with Crippen molar-refractivity contribution in [3.63, 3.8) is 0 Å². The van der Waals surface area contributed by atoms with E-state index in [2.05, 4.69) is 20.9 Å². The summed E-state index contributed by atoms with van der Waals surface area (Å²) in [5, 5.41) is 10.4. The number of rotatable bonds is 7. The number of hydrogen-bond donors (Lipinski definition) is 2. The van der Waals surface area contributed by atoms with Gasteiger partial charge in [-0.15, -0.1) is 11.3 Å². The van der Waals surface area contributed by atoms with Crippen molar-refractivity contribution in [1.29, 1.82) is 0 Å². The SMILES string of the molecule is NC(c1ccc(Br)cc1)[C@H]1CCC(=O)N1CCSc1nc(C(=O)O)cs1. The molecule has 26 heavy (non-hydrogen) atoms. The third-order valence-electron chi connectivity index (χ3n) is 4.30. The number of amides is 1. The molecule has 6 nitrogen and oxygen atoms in total. The Hall–Kier alpha value is -1.42. The molecular weight excluding hydrogens is 438 g/mol. The number of carboxylic acid groups (broad SMARTS) is 1. The van der Waals surface area contributed by atoms with Crippen LogP contribution in [0.2, 0.25) is 0 Å². The number of halogens is 1. The average Bonchev–Trinajstić information content (AvgIpc) is 3.23. The van der Waals surface area contributed by atoms with Crippen molar-refractivity contribution in [1.82, 2.24) is 9.88 Å². The van der Waals surface area contributed by atoms with Gasteiger partial charge in [-0.3, -0.25) is 4.79 Å². The Morgan fingerprint density at radius 3 is 2.85 bits per heavy atom. The second-order valence-corrected chi connectivity index (χ2v) is 9.04. The molecule has 0 aliphatic carbocycles. The Balaban J connectivity index is 1.60. The van der Waals surface area contributed by atoms with Gasteiger partial charge in [-0.25, -0.2) is 9.78 Å². The number of nitrogens with two attached hydrogens (primary N) is 1. The molecule has 1 aromatic carbocycles. The number of likely N-dealkylation sites (tertiary alicyclic amines) is 1. The standard InChI is InChI=1S/C17H18BrN3O3S2/c18-11-3-1-10(2-4-11)15(19)13-5-6-14(22)21(13)7-8-25-17-20-12(9-26-17)16(23)24/h1-4,9,13,15H,5-8,19H2,(H,23,24)/t13-,15?/m1/s1. The van der Waals surface area contributed by atoms with Gasteiger partial charge in [-0.2, -0.15) is 0 Å². The van der Waals surface area contributed by atoms with Crippen molar-refractivity contribution in [3.8, 4) is 0 Å². The third-order valence-corrected chi connectivity index (χ3v) is 6.83. The maximum absolute atomic E-state index is 12.3. The summed E-state index contributed by atoms with van der Waals surface area (Å²) in [5.41, 5.74) is 7.50. The molecule has 3 rings (SSSR count). The summed E-state index contributed by atoms with van der Waals surface area (Å²) < 4.78 is 1.69. The summed E-state index contributed by atoms with van der Waals surface area (Å²) in [6.07, 6.45) is 1.27. The van der Waals surface area contributed by atoms with Gasteiger partial charge >= 0.3 is 5.97 Å². The number of aromatic carboxylic acids is 1. The second kappa shape index (κ2) is 8.51. The van der Waals surface area contributed by atoms with Crippen molar-refractivity contribution < 1.29 is 14.7 Å². The van der Waals surface area contributed by atoms with Gasteiger partial charge in [0.1, 0.15) is 0 Å². The maximum atomic E-state index is 12.3.